The van der Waals surface area contributed by atoms with Crippen LogP contribution in [-0.4, -0.2) is 17.3 Å². The first-order chi connectivity index (χ1) is 4.22. The van der Waals surface area contributed by atoms with Gasteiger partial charge in [0.25, 0.3) is 0 Å². The summed E-state index contributed by atoms with van der Waals surface area (Å²) in [4.78, 5) is 10.3. The number of carbonyl (C=O) groups is 1. The Bertz CT molecular complexity index is 122. The van der Waals surface area contributed by atoms with Gasteiger partial charge in [0.15, 0.2) is 0 Å². The van der Waals surface area contributed by atoms with Crippen molar-refractivity contribution in [2.75, 3.05) is 11.5 Å². The summed E-state index contributed by atoms with van der Waals surface area (Å²) in [5.41, 5.74) is 0. The Kier molecular flexibility index (Phi) is 2.05. The highest BCUT2D eigenvalue weighted by atomic mass is 32.2. The normalized spacial score (nSPS) is 19.9. The fraction of sp³-hybridized carbons (Fsp3) is 0.600. The van der Waals surface area contributed by atoms with Crippen LogP contribution in [0.3, 0.4) is 0 Å². The summed E-state index contributed by atoms with van der Waals surface area (Å²) in [6.45, 7) is 0. The highest BCUT2D eigenvalue weighted by Crippen LogP contribution is 2.28. The fourth-order valence-corrected chi connectivity index (χ4v) is 1.32. The lowest BCUT2D eigenvalue weighted by atomic mass is 10.1. The highest BCUT2D eigenvalue weighted by molar-refractivity contribution is 8.00. The van der Waals surface area contributed by atoms with Crippen molar-refractivity contribution >= 4 is 17.5 Å². The van der Waals surface area contributed by atoms with Crippen molar-refractivity contribution in [2.24, 2.45) is 5.92 Å². The first-order valence-electron chi connectivity index (χ1n) is 2.51. The zero-order chi connectivity index (χ0) is 6.85. The topological polar surface area (TPSA) is 17.1 Å². The number of hydrogen-bond donors (Lipinski definition) is 0. The molecule has 1 radical (unpaired) electrons. The summed E-state index contributed by atoms with van der Waals surface area (Å²) in [7, 11) is 0. The number of thioether (sulfide) groups is 1. The van der Waals surface area contributed by atoms with Crippen molar-refractivity contribution in [1.82, 2.24) is 0 Å². The van der Waals surface area contributed by atoms with Crippen LogP contribution in [0.1, 0.15) is 0 Å². The van der Waals surface area contributed by atoms with Crippen LogP contribution in [0.2, 0.25) is 0 Å². The molecule has 1 nitrogen and oxygen atoms in total. The van der Waals surface area contributed by atoms with Crippen LogP contribution in [0, 0.1) is 12.3 Å². The van der Waals surface area contributed by atoms with Gasteiger partial charge in [0.1, 0.15) is 0 Å². The van der Waals surface area contributed by atoms with E-state index in [1.54, 1.807) is 0 Å². The molecule has 0 atom stereocenters. The van der Waals surface area contributed by atoms with E-state index in [4.69, 9.17) is 0 Å². The lowest BCUT2D eigenvalue weighted by Crippen LogP contribution is -2.29. The van der Waals surface area contributed by atoms with E-state index in [1.807, 2.05) is 0 Å². The van der Waals surface area contributed by atoms with E-state index in [9.17, 15) is 13.6 Å². The maximum Gasteiger partial charge on any atom is 0.374 e. The molecule has 0 aromatic heterocycles. The third-order valence-corrected chi connectivity index (χ3v) is 2.47. The zero-order valence-corrected chi connectivity index (χ0v) is 5.38. The third-order valence-electron chi connectivity index (χ3n) is 1.20. The average molecular weight is 151 g/mol. The molecule has 0 amide bonds. The number of Topliss-reactive ketones (excluding diaryl/α,β-unsaturated/α-hetero) is 1. The van der Waals surface area contributed by atoms with Crippen LogP contribution in [0.15, 0.2) is 0 Å². The largest absolute Gasteiger partial charge is 0.374 e. The maximum atomic E-state index is 11.5. The van der Waals surface area contributed by atoms with Crippen molar-refractivity contribution in [3.63, 3.8) is 0 Å². The predicted octanol–water partition coefficient (Wildman–Crippen LogP) is 1.35. The van der Waals surface area contributed by atoms with E-state index in [0.717, 1.165) is 0 Å². The minimum absolute atomic E-state index is 0.389. The molecular weight excluding hydrogens is 146 g/mol. The molecule has 51 valence electrons. The van der Waals surface area contributed by atoms with Gasteiger partial charge in [-0.2, -0.15) is 20.5 Å². The summed E-state index contributed by atoms with van der Waals surface area (Å²) in [5.74, 6) is -0.222. The van der Waals surface area contributed by atoms with Crippen LogP contribution < -0.4 is 0 Å². The molecule has 0 spiro atoms. The van der Waals surface area contributed by atoms with Gasteiger partial charge in [-0.3, -0.25) is 4.79 Å². The Morgan fingerprint density at radius 3 is 2.11 bits per heavy atom. The van der Waals surface area contributed by atoms with Crippen LogP contribution >= 0.6 is 11.8 Å². The van der Waals surface area contributed by atoms with Crippen molar-refractivity contribution in [3.8, 4) is 0 Å². The predicted molar refractivity (Wildman–Crippen MR) is 31.3 cm³/mol. The average Bonchev–Trinajstić information content (AvgIpc) is 1.60. The van der Waals surface area contributed by atoms with Gasteiger partial charge in [-0.25, -0.2) is 0 Å². The Hall–Kier alpha value is -0.120. The first-order valence-corrected chi connectivity index (χ1v) is 3.67. The van der Waals surface area contributed by atoms with Gasteiger partial charge in [-0.15, -0.1) is 0 Å². The van der Waals surface area contributed by atoms with Gasteiger partial charge in [0.05, 0.1) is 0 Å². The molecule has 1 aliphatic rings. The first kappa shape index (κ1) is 6.99. The Labute approximate surface area is 55.8 Å². The van der Waals surface area contributed by atoms with Gasteiger partial charge in [0.2, 0.25) is 5.78 Å². The maximum absolute atomic E-state index is 11.5. The Balaban J connectivity index is 2.32. The molecule has 1 heterocycles. The second-order valence-electron chi connectivity index (χ2n) is 1.86. The molecule has 0 aromatic carbocycles. The fourth-order valence-electron chi connectivity index (χ4n) is 0.541. The van der Waals surface area contributed by atoms with Crippen LogP contribution in [-0.2, 0) is 4.79 Å². The Morgan fingerprint density at radius 1 is 1.44 bits per heavy atom. The molecule has 0 N–H and O–H groups in total. The van der Waals surface area contributed by atoms with Gasteiger partial charge >= 0.3 is 6.43 Å². The van der Waals surface area contributed by atoms with Crippen molar-refractivity contribution in [2.45, 2.75) is 0 Å². The smallest absolute Gasteiger partial charge is 0.292 e. The molecule has 9 heavy (non-hydrogen) atoms. The van der Waals surface area contributed by atoms with Gasteiger partial charge in [-0.1, -0.05) is 0 Å². The minimum atomic E-state index is -2.04. The number of ketones is 1. The molecule has 0 saturated carbocycles. The second kappa shape index (κ2) is 2.64. The summed E-state index contributed by atoms with van der Waals surface area (Å²) < 4.78 is 22.9. The number of rotatable bonds is 2. The second-order valence-corrected chi connectivity index (χ2v) is 2.93. The molecule has 0 aliphatic carbocycles. The summed E-state index contributed by atoms with van der Waals surface area (Å²) in [5, 5.41) is 0. The zero-order valence-electron chi connectivity index (χ0n) is 4.56. The molecule has 1 saturated heterocycles. The molecule has 1 aliphatic heterocycles. The highest BCUT2D eigenvalue weighted by Gasteiger charge is 2.33. The van der Waals surface area contributed by atoms with Crippen molar-refractivity contribution < 1.29 is 13.6 Å². The lowest BCUT2D eigenvalue weighted by molar-refractivity contribution is -0.125. The van der Waals surface area contributed by atoms with E-state index in [2.05, 4.69) is 0 Å². The summed E-state index contributed by atoms with van der Waals surface area (Å²) in [6, 6.07) is 0. The molecule has 0 unspecified atom stereocenters. The summed E-state index contributed by atoms with van der Waals surface area (Å²) in [6.07, 6.45) is -2.04. The van der Waals surface area contributed by atoms with E-state index in [1.165, 1.54) is 11.8 Å². The van der Waals surface area contributed by atoms with Crippen molar-refractivity contribution in [1.29, 1.82) is 0 Å². The van der Waals surface area contributed by atoms with Gasteiger partial charge in [0, 0.05) is 17.4 Å². The van der Waals surface area contributed by atoms with E-state index < -0.39 is 12.2 Å². The molecule has 1 fully saturated rings. The molecular formula is C5H5F2OS. The Morgan fingerprint density at radius 2 is 2.00 bits per heavy atom. The molecule has 4 heteroatoms. The van der Waals surface area contributed by atoms with Gasteiger partial charge < -0.3 is 0 Å². The minimum Gasteiger partial charge on any atom is -0.292 e. The summed E-state index contributed by atoms with van der Waals surface area (Å²) >= 11 is 1.52. The standard InChI is InChI=1S/C5H5F2OS/c6-5(7)4(8)3-1-9-2-3/h3H,1-2H2. The SMILES string of the molecule is O=C([C](F)F)C1CSC1. The molecule has 0 aromatic rings. The number of halogens is 2. The third kappa shape index (κ3) is 1.41. The molecule has 0 bridgehead atoms. The van der Waals surface area contributed by atoms with E-state index in [-0.39, 0.29) is 5.92 Å². The monoisotopic (exact) mass is 151 g/mol. The van der Waals surface area contributed by atoms with Gasteiger partial charge in [-0.05, 0) is 0 Å². The van der Waals surface area contributed by atoms with Crippen LogP contribution in [0.25, 0.3) is 0 Å². The van der Waals surface area contributed by atoms with Crippen LogP contribution in [0.4, 0.5) is 8.78 Å². The number of hydrogen-bond acceptors (Lipinski definition) is 2. The van der Waals surface area contributed by atoms with Crippen molar-refractivity contribution in [3.05, 3.63) is 6.43 Å². The lowest BCUT2D eigenvalue weighted by Gasteiger charge is -2.21. The quantitative estimate of drug-likeness (QED) is 0.592. The number of carbonyl (C=O) groups excluding carboxylic acids is 1. The van der Waals surface area contributed by atoms with E-state index >= 15 is 0 Å². The molecule has 1 rings (SSSR count). The van der Waals surface area contributed by atoms with Crippen LogP contribution in [0.5, 0.6) is 0 Å². The van der Waals surface area contributed by atoms with E-state index in [0.29, 0.717) is 11.5 Å².